The predicted molar refractivity (Wildman–Crippen MR) is 84.3 cm³/mol. The Morgan fingerprint density at radius 1 is 1.10 bits per heavy atom. The van der Waals surface area contributed by atoms with Gasteiger partial charge in [-0.15, -0.1) is 0 Å². The van der Waals surface area contributed by atoms with Crippen LogP contribution in [0.5, 0.6) is 0 Å². The van der Waals surface area contributed by atoms with E-state index < -0.39 is 11.2 Å². The van der Waals surface area contributed by atoms with E-state index in [0.29, 0.717) is 13.0 Å². The van der Waals surface area contributed by atoms with Crippen molar-refractivity contribution < 1.29 is 19.4 Å². The van der Waals surface area contributed by atoms with Crippen LogP contribution in [0.15, 0.2) is 0 Å². The fourth-order valence-corrected chi connectivity index (χ4v) is 2.05. The van der Waals surface area contributed by atoms with Gasteiger partial charge in [0.2, 0.25) is 0 Å². The highest BCUT2D eigenvalue weighted by molar-refractivity contribution is 5.88. The summed E-state index contributed by atoms with van der Waals surface area (Å²) in [5.74, 6) is 0.0299. The van der Waals surface area contributed by atoms with E-state index >= 15 is 0 Å². The SMILES string of the molecule is CCC(C)C(=O)C(C)(C)OCCCCCC(=O)C(C)(C)O. The molecule has 1 unspecified atom stereocenters. The second kappa shape index (κ2) is 8.64. The van der Waals surface area contributed by atoms with Gasteiger partial charge in [0.25, 0.3) is 0 Å². The highest BCUT2D eigenvalue weighted by atomic mass is 16.5. The molecule has 0 aromatic heterocycles. The first kappa shape index (κ1) is 20.3. The lowest BCUT2D eigenvalue weighted by atomic mass is 9.91. The molecule has 0 fully saturated rings. The first-order valence-electron chi connectivity index (χ1n) is 7.96. The minimum absolute atomic E-state index is 0.0180. The van der Waals surface area contributed by atoms with Crippen LogP contribution in [0.1, 0.15) is 73.6 Å². The number of hydrogen-bond acceptors (Lipinski definition) is 4. The second-order valence-corrected chi connectivity index (χ2v) is 6.83. The van der Waals surface area contributed by atoms with E-state index in [0.717, 1.165) is 25.7 Å². The Labute approximate surface area is 129 Å². The molecule has 0 rings (SSSR count). The normalized spacial score (nSPS) is 14.0. The summed E-state index contributed by atoms with van der Waals surface area (Å²) < 4.78 is 5.70. The van der Waals surface area contributed by atoms with E-state index in [1.54, 1.807) is 0 Å². The number of carbonyl (C=O) groups is 2. The summed E-state index contributed by atoms with van der Waals surface area (Å²) in [4.78, 5) is 23.6. The van der Waals surface area contributed by atoms with Crippen molar-refractivity contribution in [2.75, 3.05) is 6.61 Å². The van der Waals surface area contributed by atoms with Crippen LogP contribution < -0.4 is 0 Å². The Balaban J connectivity index is 3.90. The van der Waals surface area contributed by atoms with Crippen LogP contribution in [0.4, 0.5) is 0 Å². The van der Waals surface area contributed by atoms with E-state index in [4.69, 9.17) is 4.74 Å². The van der Waals surface area contributed by atoms with Gasteiger partial charge in [0, 0.05) is 18.9 Å². The van der Waals surface area contributed by atoms with E-state index in [-0.39, 0.29) is 17.5 Å². The molecular weight excluding hydrogens is 268 g/mol. The van der Waals surface area contributed by atoms with Crippen LogP contribution in [0.3, 0.4) is 0 Å². The topological polar surface area (TPSA) is 63.6 Å². The quantitative estimate of drug-likeness (QED) is 0.595. The molecule has 1 atom stereocenters. The van der Waals surface area contributed by atoms with Crippen LogP contribution in [-0.2, 0) is 14.3 Å². The Hall–Kier alpha value is -0.740. The third-order valence-electron chi connectivity index (χ3n) is 3.85. The Morgan fingerprint density at radius 2 is 1.67 bits per heavy atom. The van der Waals surface area contributed by atoms with Gasteiger partial charge in [-0.1, -0.05) is 20.3 Å². The average molecular weight is 300 g/mol. The predicted octanol–water partition coefficient (Wildman–Crippen LogP) is 3.30. The summed E-state index contributed by atoms with van der Waals surface area (Å²) in [5.41, 5.74) is -1.97. The van der Waals surface area contributed by atoms with Gasteiger partial charge in [-0.3, -0.25) is 9.59 Å². The van der Waals surface area contributed by atoms with Crippen molar-refractivity contribution in [3.8, 4) is 0 Å². The highest BCUT2D eigenvalue weighted by Gasteiger charge is 2.31. The third-order valence-corrected chi connectivity index (χ3v) is 3.85. The maximum atomic E-state index is 12.1. The number of unbranched alkanes of at least 4 members (excludes halogenated alkanes) is 2. The van der Waals surface area contributed by atoms with E-state index in [2.05, 4.69) is 0 Å². The standard InChI is InChI=1S/C17H32O4/c1-7-13(2)15(19)17(5,6)21-12-10-8-9-11-14(18)16(3,4)20/h13,20H,7-12H2,1-6H3. The molecule has 0 aliphatic heterocycles. The number of ketones is 2. The van der Waals surface area contributed by atoms with Gasteiger partial charge in [-0.2, -0.15) is 0 Å². The number of ether oxygens (including phenoxy) is 1. The van der Waals surface area contributed by atoms with Gasteiger partial charge in [0.1, 0.15) is 11.2 Å². The van der Waals surface area contributed by atoms with Gasteiger partial charge in [-0.25, -0.2) is 0 Å². The van der Waals surface area contributed by atoms with Crippen molar-refractivity contribution >= 4 is 11.6 Å². The Kier molecular flexibility index (Phi) is 8.34. The smallest absolute Gasteiger partial charge is 0.166 e. The molecule has 0 saturated heterocycles. The number of hydrogen-bond donors (Lipinski definition) is 1. The highest BCUT2D eigenvalue weighted by Crippen LogP contribution is 2.19. The molecule has 1 N–H and O–H groups in total. The van der Waals surface area contributed by atoms with Crippen molar-refractivity contribution in [3.63, 3.8) is 0 Å². The molecule has 4 heteroatoms. The number of carbonyl (C=O) groups excluding carboxylic acids is 2. The first-order valence-corrected chi connectivity index (χ1v) is 7.96. The summed E-state index contributed by atoms with van der Waals surface area (Å²) in [6.07, 6.45) is 3.63. The molecule has 0 aromatic rings. The fraction of sp³-hybridized carbons (Fsp3) is 0.882. The maximum Gasteiger partial charge on any atom is 0.166 e. The van der Waals surface area contributed by atoms with E-state index in [9.17, 15) is 14.7 Å². The monoisotopic (exact) mass is 300 g/mol. The zero-order valence-electron chi connectivity index (χ0n) is 14.5. The van der Waals surface area contributed by atoms with Crippen LogP contribution in [0.2, 0.25) is 0 Å². The summed E-state index contributed by atoms with van der Waals surface area (Å²) in [5, 5.41) is 9.52. The van der Waals surface area contributed by atoms with Gasteiger partial charge in [0.05, 0.1) is 0 Å². The largest absolute Gasteiger partial charge is 0.383 e. The zero-order valence-corrected chi connectivity index (χ0v) is 14.5. The molecule has 0 spiro atoms. The summed E-state index contributed by atoms with van der Waals surface area (Å²) in [7, 11) is 0. The molecule has 0 aliphatic rings. The summed E-state index contributed by atoms with van der Waals surface area (Å²) in [6.45, 7) is 11.1. The zero-order chi connectivity index (χ0) is 16.7. The van der Waals surface area contributed by atoms with E-state index in [1.165, 1.54) is 13.8 Å². The molecule has 0 bridgehead atoms. The summed E-state index contributed by atoms with van der Waals surface area (Å²) >= 11 is 0. The fourth-order valence-electron chi connectivity index (χ4n) is 2.05. The summed E-state index contributed by atoms with van der Waals surface area (Å²) in [6, 6.07) is 0. The molecule has 0 heterocycles. The van der Waals surface area contributed by atoms with Gasteiger partial charge < -0.3 is 9.84 Å². The van der Waals surface area contributed by atoms with Crippen LogP contribution in [0, 0.1) is 5.92 Å². The molecule has 0 aromatic carbocycles. The molecular formula is C17H32O4. The minimum atomic E-state index is -1.23. The number of Topliss-reactive ketones (excluding diaryl/α,β-unsaturated/α-hetero) is 2. The van der Waals surface area contributed by atoms with E-state index in [1.807, 2.05) is 27.7 Å². The maximum absolute atomic E-state index is 12.1. The Morgan fingerprint density at radius 3 is 2.14 bits per heavy atom. The van der Waals surface area contributed by atoms with Crippen molar-refractivity contribution in [1.29, 1.82) is 0 Å². The van der Waals surface area contributed by atoms with Gasteiger partial charge >= 0.3 is 0 Å². The molecule has 0 saturated carbocycles. The van der Waals surface area contributed by atoms with Crippen LogP contribution in [-0.4, -0.2) is 34.5 Å². The minimum Gasteiger partial charge on any atom is -0.383 e. The van der Waals surface area contributed by atoms with Gasteiger partial charge in [0.15, 0.2) is 11.6 Å². The number of aliphatic hydroxyl groups is 1. The lowest BCUT2D eigenvalue weighted by Crippen LogP contribution is -2.39. The van der Waals surface area contributed by atoms with Crippen molar-refractivity contribution in [1.82, 2.24) is 0 Å². The molecule has 0 amide bonds. The molecule has 21 heavy (non-hydrogen) atoms. The molecule has 4 nitrogen and oxygen atoms in total. The lowest BCUT2D eigenvalue weighted by Gasteiger charge is -2.26. The Bertz CT molecular complexity index is 339. The lowest BCUT2D eigenvalue weighted by molar-refractivity contribution is -0.144. The molecule has 0 aliphatic carbocycles. The molecule has 124 valence electrons. The van der Waals surface area contributed by atoms with Crippen LogP contribution >= 0.6 is 0 Å². The average Bonchev–Trinajstić information content (AvgIpc) is 2.39. The second-order valence-electron chi connectivity index (χ2n) is 6.83. The van der Waals surface area contributed by atoms with Gasteiger partial charge in [-0.05, 0) is 47.0 Å². The van der Waals surface area contributed by atoms with Crippen molar-refractivity contribution in [2.45, 2.75) is 84.8 Å². The third kappa shape index (κ3) is 7.72. The molecule has 0 radical (unpaired) electrons. The van der Waals surface area contributed by atoms with Crippen molar-refractivity contribution in [3.05, 3.63) is 0 Å². The number of rotatable bonds is 11. The first-order chi connectivity index (χ1) is 9.52. The van der Waals surface area contributed by atoms with Crippen molar-refractivity contribution in [2.24, 2.45) is 5.92 Å². The van der Waals surface area contributed by atoms with Crippen LogP contribution in [0.25, 0.3) is 0 Å².